The summed E-state index contributed by atoms with van der Waals surface area (Å²) in [5.41, 5.74) is 5.39. The van der Waals surface area contributed by atoms with E-state index in [1.807, 2.05) is 19.0 Å². The van der Waals surface area contributed by atoms with Gasteiger partial charge in [-0.15, -0.1) is 0 Å². The predicted molar refractivity (Wildman–Crippen MR) is 74.0 cm³/mol. The lowest BCUT2D eigenvalue weighted by molar-refractivity contribution is 0.0459. The maximum absolute atomic E-state index is 10.1. The van der Waals surface area contributed by atoms with E-state index in [1.165, 1.54) is 0 Å². The largest absolute Gasteiger partial charge is 0.397 e. The molecule has 0 fully saturated rings. The number of hydrogen-bond donors (Lipinski definition) is 3. The summed E-state index contributed by atoms with van der Waals surface area (Å²) >= 11 is 3.37. The van der Waals surface area contributed by atoms with E-state index in [9.17, 15) is 5.11 Å². The lowest BCUT2D eigenvalue weighted by Gasteiger charge is -2.27. The summed E-state index contributed by atoms with van der Waals surface area (Å²) in [7, 11) is 3.84. The van der Waals surface area contributed by atoms with Crippen LogP contribution >= 0.6 is 15.9 Å². The first kappa shape index (κ1) is 14.2. The molecule has 6 heteroatoms. The normalized spacial score (nSPS) is 14.7. The second-order valence-electron chi connectivity index (χ2n) is 4.69. The van der Waals surface area contributed by atoms with Crippen LogP contribution in [-0.2, 0) is 0 Å². The van der Waals surface area contributed by atoms with Gasteiger partial charge in [-0.25, -0.2) is 4.98 Å². The zero-order valence-electron chi connectivity index (χ0n) is 10.4. The number of aliphatic hydroxyl groups is 1. The minimum atomic E-state index is -0.813. The summed E-state index contributed by atoms with van der Waals surface area (Å²) in [5.74, 6) is 0.679. The summed E-state index contributed by atoms with van der Waals surface area (Å²) in [6.07, 6.45) is 1.58. The number of pyridine rings is 1. The molecule has 0 saturated heterocycles. The van der Waals surface area contributed by atoms with Crippen LogP contribution in [-0.4, -0.2) is 47.8 Å². The molecular weight excluding hydrogens is 284 g/mol. The molecule has 0 saturated carbocycles. The summed E-state index contributed by atoms with van der Waals surface area (Å²) < 4.78 is 0.790. The molecule has 0 amide bonds. The Morgan fingerprint density at radius 1 is 1.59 bits per heavy atom. The first-order chi connectivity index (χ1) is 7.80. The molecule has 1 aromatic heterocycles. The van der Waals surface area contributed by atoms with Crippen LogP contribution in [0.2, 0.25) is 0 Å². The molecule has 4 N–H and O–H groups in total. The Bertz CT molecular complexity index is 382. The van der Waals surface area contributed by atoms with Gasteiger partial charge in [0.1, 0.15) is 5.82 Å². The summed E-state index contributed by atoms with van der Waals surface area (Å²) in [4.78, 5) is 6.09. The fourth-order valence-electron chi connectivity index (χ4n) is 1.59. The lowest BCUT2D eigenvalue weighted by Crippen LogP contribution is -2.43. The molecule has 0 spiro atoms. The van der Waals surface area contributed by atoms with Gasteiger partial charge in [0, 0.05) is 13.1 Å². The third-order valence-electron chi connectivity index (χ3n) is 2.16. The van der Waals surface area contributed by atoms with Gasteiger partial charge in [0.15, 0.2) is 0 Å². The fraction of sp³-hybridized carbons (Fsp3) is 0.545. The SMILES string of the molecule is CN(C)CC(C)(O)CNc1ncc(N)cc1Br. The number of likely N-dealkylation sites (N-methyl/N-ethyl adjacent to an activating group) is 1. The van der Waals surface area contributed by atoms with Crippen LogP contribution in [0.3, 0.4) is 0 Å². The number of nitrogen functional groups attached to an aromatic ring is 1. The molecule has 0 aliphatic rings. The van der Waals surface area contributed by atoms with Crippen molar-refractivity contribution in [2.45, 2.75) is 12.5 Å². The monoisotopic (exact) mass is 302 g/mol. The van der Waals surface area contributed by atoms with E-state index in [2.05, 4.69) is 26.2 Å². The average molecular weight is 303 g/mol. The van der Waals surface area contributed by atoms with E-state index in [0.717, 1.165) is 4.47 Å². The average Bonchev–Trinajstić information content (AvgIpc) is 2.14. The van der Waals surface area contributed by atoms with Crippen molar-refractivity contribution < 1.29 is 5.11 Å². The third kappa shape index (κ3) is 4.89. The predicted octanol–water partition coefficient (Wildman–Crippen LogP) is 1.15. The van der Waals surface area contributed by atoms with Crippen LogP contribution in [0.25, 0.3) is 0 Å². The van der Waals surface area contributed by atoms with Gasteiger partial charge in [0.2, 0.25) is 0 Å². The molecule has 17 heavy (non-hydrogen) atoms. The van der Waals surface area contributed by atoms with Gasteiger partial charge in [0.25, 0.3) is 0 Å². The zero-order chi connectivity index (χ0) is 13.1. The van der Waals surface area contributed by atoms with Gasteiger partial charge in [-0.1, -0.05) is 0 Å². The van der Waals surface area contributed by atoms with Gasteiger partial charge in [0.05, 0.1) is 22.0 Å². The van der Waals surface area contributed by atoms with Crippen LogP contribution < -0.4 is 11.1 Å². The number of aromatic nitrogens is 1. The van der Waals surface area contributed by atoms with Crippen LogP contribution in [0.4, 0.5) is 11.5 Å². The molecular formula is C11H19BrN4O. The van der Waals surface area contributed by atoms with Gasteiger partial charge >= 0.3 is 0 Å². The van der Waals surface area contributed by atoms with E-state index in [4.69, 9.17) is 5.73 Å². The van der Waals surface area contributed by atoms with Crippen molar-refractivity contribution in [3.63, 3.8) is 0 Å². The highest BCUT2D eigenvalue weighted by atomic mass is 79.9. The van der Waals surface area contributed by atoms with Crippen LogP contribution in [0.5, 0.6) is 0 Å². The first-order valence-electron chi connectivity index (χ1n) is 5.32. The molecule has 1 aromatic rings. The highest BCUT2D eigenvalue weighted by molar-refractivity contribution is 9.10. The Morgan fingerprint density at radius 2 is 2.24 bits per heavy atom. The summed E-state index contributed by atoms with van der Waals surface area (Å²) in [6, 6.07) is 1.77. The minimum Gasteiger partial charge on any atom is -0.397 e. The second kappa shape index (κ2) is 5.66. The number of nitrogens with zero attached hydrogens (tertiary/aromatic N) is 2. The molecule has 1 heterocycles. The number of anilines is 2. The number of nitrogens with one attached hydrogen (secondary N) is 1. The Morgan fingerprint density at radius 3 is 2.76 bits per heavy atom. The topological polar surface area (TPSA) is 74.4 Å². The smallest absolute Gasteiger partial charge is 0.140 e. The molecule has 1 rings (SSSR count). The van der Waals surface area contributed by atoms with Crippen molar-refractivity contribution in [2.75, 3.05) is 38.2 Å². The van der Waals surface area contributed by atoms with Crippen molar-refractivity contribution in [3.05, 3.63) is 16.7 Å². The molecule has 0 aromatic carbocycles. The van der Waals surface area contributed by atoms with Gasteiger partial charge in [-0.2, -0.15) is 0 Å². The Kier molecular flexibility index (Phi) is 4.73. The van der Waals surface area contributed by atoms with E-state index < -0.39 is 5.60 Å². The fourth-order valence-corrected chi connectivity index (χ4v) is 2.10. The molecule has 0 aliphatic heterocycles. The Labute approximate surface area is 110 Å². The molecule has 96 valence electrons. The maximum Gasteiger partial charge on any atom is 0.140 e. The van der Waals surface area contributed by atoms with Crippen LogP contribution in [0.15, 0.2) is 16.7 Å². The molecule has 0 radical (unpaired) electrons. The van der Waals surface area contributed by atoms with Gasteiger partial charge in [-0.3, -0.25) is 0 Å². The van der Waals surface area contributed by atoms with Crippen LogP contribution in [0.1, 0.15) is 6.92 Å². The number of halogens is 1. The van der Waals surface area contributed by atoms with Crippen molar-refractivity contribution in [1.82, 2.24) is 9.88 Å². The number of nitrogens with two attached hydrogens (primary N) is 1. The summed E-state index contributed by atoms with van der Waals surface area (Å²) in [5, 5.41) is 13.2. The molecule has 1 unspecified atom stereocenters. The standard InChI is InChI=1S/C11H19BrN4O/c1-11(17,7-16(2)3)6-15-10-9(12)4-8(13)5-14-10/h4-5,17H,6-7,13H2,1-3H3,(H,14,15). The molecule has 0 bridgehead atoms. The molecule has 0 aliphatic carbocycles. The van der Waals surface area contributed by atoms with Crippen LogP contribution in [0, 0.1) is 0 Å². The van der Waals surface area contributed by atoms with E-state index in [1.54, 1.807) is 19.2 Å². The van der Waals surface area contributed by atoms with E-state index >= 15 is 0 Å². The lowest BCUT2D eigenvalue weighted by atomic mass is 10.1. The quantitative estimate of drug-likeness (QED) is 0.761. The van der Waals surface area contributed by atoms with E-state index in [0.29, 0.717) is 24.6 Å². The van der Waals surface area contributed by atoms with Gasteiger partial charge in [-0.05, 0) is 43.0 Å². The molecule has 5 nitrogen and oxygen atoms in total. The number of rotatable bonds is 5. The Balaban J connectivity index is 2.61. The van der Waals surface area contributed by atoms with Crippen molar-refractivity contribution >= 4 is 27.4 Å². The molecule has 1 atom stereocenters. The van der Waals surface area contributed by atoms with E-state index in [-0.39, 0.29) is 0 Å². The highest BCUT2D eigenvalue weighted by Gasteiger charge is 2.21. The zero-order valence-corrected chi connectivity index (χ0v) is 12.0. The minimum absolute atomic E-state index is 0.417. The van der Waals surface area contributed by atoms with Crippen molar-refractivity contribution in [2.24, 2.45) is 0 Å². The maximum atomic E-state index is 10.1. The second-order valence-corrected chi connectivity index (χ2v) is 5.54. The van der Waals surface area contributed by atoms with Crippen molar-refractivity contribution in [3.8, 4) is 0 Å². The van der Waals surface area contributed by atoms with Gasteiger partial charge < -0.3 is 21.1 Å². The number of hydrogen-bond acceptors (Lipinski definition) is 5. The first-order valence-corrected chi connectivity index (χ1v) is 6.11. The highest BCUT2D eigenvalue weighted by Crippen LogP contribution is 2.22. The van der Waals surface area contributed by atoms with Crippen molar-refractivity contribution in [1.29, 1.82) is 0 Å². The third-order valence-corrected chi connectivity index (χ3v) is 2.76. The Hall–Kier alpha value is -0.850. The summed E-state index contributed by atoms with van der Waals surface area (Å²) in [6.45, 7) is 2.78.